The van der Waals surface area contributed by atoms with Crippen molar-refractivity contribution >= 4 is 11.6 Å². The molecular weight excluding hydrogens is 252 g/mol. The maximum Gasteiger partial charge on any atom is 0.0641 e. The van der Waals surface area contributed by atoms with Crippen LogP contribution in [0.1, 0.15) is 76.3 Å². The van der Waals surface area contributed by atoms with Gasteiger partial charge in [0.05, 0.1) is 5.38 Å². The second-order valence-corrected chi connectivity index (χ2v) is 7.59. The molecule has 0 N–H and O–H groups in total. The summed E-state index contributed by atoms with van der Waals surface area (Å²) < 4.78 is 0. The molecule has 0 radical (unpaired) electrons. The Morgan fingerprint density at radius 3 is 2.05 bits per heavy atom. The van der Waals surface area contributed by atoms with Gasteiger partial charge in [-0.15, -0.1) is 11.6 Å². The molecule has 1 heteroatoms. The van der Waals surface area contributed by atoms with E-state index in [9.17, 15) is 0 Å². The van der Waals surface area contributed by atoms with Gasteiger partial charge in [-0.3, -0.25) is 0 Å². The average Bonchev–Trinajstić information content (AvgIpc) is 2.87. The van der Waals surface area contributed by atoms with Crippen molar-refractivity contribution in [1.29, 1.82) is 0 Å². The first-order valence-corrected chi connectivity index (χ1v) is 8.07. The van der Waals surface area contributed by atoms with Crippen molar-refractivity contribution in [1.82, 2.24) is 0 Å². The Balaban J connectivity index is 2.22. The van der Waals surface area contributed by atoms with Crippen LogP contribution in [-0.2, 0) is 5.41 Å². The van der Waals surface area contributed by atoms with Crippen molar-refractivity contribution in [3.8, 4) is 0 Å². The van der Waals surface area contributed by atoms with E-state index in [1.165, 1.54) is 43.2 Å². The fourth-order valence-corrected chi connectivity index (χ4v) is 3.89. The van der Waals surface area contributed by atoms with E-state index in [1.54, 1.807) is 0 Å². The lowest BCUT2D eigenvalue weighted by molar-refractivity contribution is 0.271. The summed E-state index contributed by atoms with van der Waals surface area (Å²) in [5.74, 6) is 0. The predicted octanol–water partition coefficient (Wildman–Crippen LogP) is 6.23. The maximum atomic E-state index is 6.84. The van der Waals surface area contributed by atoms with Crippen molar-refractivity contribution in [3.05, 3.63) is 35.4 Å². The molecule has 1 aliphatic carbocycles. The Morgan fingerprint density at radius 1 is 1.11 bits per heavy atom. The summed E-state index contributed by atoms with van der Waals surface area (Å²) in [6, 6.07) is 8.99. The molecule has 19 heavy (non-hydrogen) atoms. The molecule has 1 saturated carbocycles. The minimum Gasteiger partial charge on any atom is -0.117 e. The van der Waals surface area contributed by atoms with Crippen LogP contribution in [0.15, 0.2) is 24.3 Å². The Hall–Kier alpha value is -0.490. The third-order valence-corrected chi connectivity index (χ3v) is 5.63. The van der Waals surface area contributed by atoms with Gasteiger partial charge in [-0.25, -0.2) is 0 Å². The Kier molecular flexibility index (Phi) is 4.30. The van der Waals surface area contributed by atoms with Gasteiger partial charge in [0.15, 0.2) is 0 Å². The fraction of sp³-hybridized carbons (Fsp3) is 0.667. The number of halogens is 1. The van der Waals surface area contributed by atoms with Crippen LogP contribution in [0.3, 0.4) is 0 Å². The molecule has 1 atom stereocenters. The number of hydrogen-bond donors (Lipinski definition) is 0. The smallest absolute Gasteiger partial charge is 0.0641 e. The van der Waals surface area contributed by atoms with Gasteiger partial charge in [-0.2, -0.15) is 0 Å². The molecule has 0 aliphatic heterocycles. The van der Waals surface area contributed by atoms with Crippen LogP contribution < -0.4 is 0 Å². The molecule has 1 unspecified atom stereocenters. The van der Waals surface area contributed by atoms with Crippen LogP contribution in [-0.4, -0.2) is 0 Å². The van der Waals surface area contributed by atoms with Crippen LogP contribution in [0.5, 0.6) is 0 Å². The first kappa shape index (κ1) is 14.9. The molecule has 0 aromatic heterocycles. The van der Waals surface area contributed by atoms with Crippen LogP contribution in [0.2, 0.25) is 0 Å². The second-order valence-electron chi connectivity index (χ2n) is 7.16. The summed E-state index contributed by atoms with van der Waals surface area (Å²) in [5.41, 5.74) is 3.25. The summed E-state index contributed by atoms with van der Waals surface area (Å²) >= 11 is 6.84. The van der Waals surface area contributed by atoms with Crippen LogP contribution in [0, 0.1) is 5.41 Å². The van der Waals surface area contributed by atoms with Crippen molar-refractivity contribution in [3.63, 3.8) is 0 Å². The number of benzene rings is 1. The quantitative estimate of drug-likeness (QED) is 0.575. The molecule has 0 saturated heterocycles. The van der Waals surface area contributed by atoms with Crippen molar-refractivity contribution < 1.29 is 0 Å². The fourth-order valence-electron chi connectivity index (χ4n) is 3.37. The van der Waals surface area contributed by atoms with Gasteiger partial charge in [-0.05, 0) is 41.2 Å². The second kappa shape index (κ2) is 5.48. The van der Waals surface area contributed by atoms with E-state index >= 15 is 0 Å². The summed E-state index contributed by atoms with van der Waals surface area (Å²) in [6.07, 6.45) is 6.47. The van der Waals surface area contributed by atoms with Gasteiger partial charge >= 0.3 is 0 Å². The SMILES string of the molecule is CCC1(C(Cl)c2ccc(C(C)(C)C)cc2)CCCC1. The highest BCUT2D eigenvalue weighted by atomic mass is 35.5. The first-order chi connectivity index (χ1) is 8.89. The molecule has 1 aromatic rings. The molecule has 2 rings (SSSR count). The van der Waals surface area contributed by atoms with E-state index in [1.807, 2.05) is 0 Å². The van der Waals surface area contributed by atoms with E-state index in [0.717, 1.165) is 0 Å². The molecule has 0 spiro atoms. The lowest BCUT2D eigenvalue weighted by Gasteiger charge is -2.33. The highest BCUT2D eigenvalue weighted by Gasteiger charge is 2.39. The van der Waals surface area contributed by atoms with E-state index in [0.29, 0.717) is 5.41 Å². The summed E-state index contributed by atoms with van der Waals surface area (Å²) in [4.78, 5) is 0. The zero-order valence-electron chi connectivity index (χ0n) is 12.8. The van der Waals surface area contributed by atoms with E-state index in [4.69, 9.17) is 11.6 Å². The monoisotopic (exact) mass is 278 g/mol. The highest BCUT2D eigenvalue weighted by Crippen LogP contribution is 2.53. The standard InChI is InChI=1S/C18H27Cl/c1-5-18(12-6-7-13-18)16(19)14-8-10-15(11-9-14)17(2,3)4/h8-11,16H,5-7,12-13H2,1-4H3. The molecule has 1 aliphatic rings. The third-order valence-electron chi connectivity index (χ3n) is 4.91. The molecule has 0 bridgehead atoms. The minimum atomic E-state index is 0.175. The van der Waals surface area contributed by atoms with Gasteiger partial charge in [0.25, 0.3) is 0 Å². The van der Waals surface area contributed by atoms with Gasteiger partial charge in [0.2, 0.25) is 0 Å². The topological polar surface area (TPSA) is 0 Å². The molecule has 106 valence electrons. The molecule has 0 nitrogen and oxygen atoms in total. The average molecular weight is 279 g/mol. The van der Waals surface area contributed by atoms with Gasteiger partial charge < -0.3 is 0 Å². The maximum absolute atomic E-state index is 6.84. The van der Waals surface area contributed by atoms with Gasteiger partial charge in [-0.1, -0.05) is 64.8 Å². The molecule has 0 amide bonds. The van der Waals surface area contributed by atoms with Crippen molar-refractivity contribution in [2.45, 2.75) is 70.6 Å². The normalized spacial score (nSPS) is 20.5. The van der Waals surface area contributed by atoms with E-state index < -0.39 is 0 Å². The number of alkyl halides is 1. The highest BCUT2D eigenvalue weighted by molar-refractivity contribution is 6.21. The lowest BCUT2D eigenvalue weighted by Crippen LogP contribution is -2.21. The van der Waals surface area contributed by atoms with Crippen LogP contribution in [0.4, 0.5) is 0 Å². The number of hydrogen-bond acceptors (Lipinski definition) is 0. The molecular formula is C18H27Cl. The van der Waals surface area contributed by atoms with Crippen LogP contribution >= 0.6 is 11.6 Å². The predicted molar refractivity (Wildman–Crippen MR) is 84.9 cm³/mol. The summed E-state index contributed by atoms with van der Waals surface area (Å²) in [6.45, 7) is 9.06. The van der Waals surface area contributed by atoms with E-state index in [-0.39, 0.29) is 10.8 Å². The number of rotatable bonds is 3. The largest absolute Gasteiger partial charge is 0.117 e. The summed E-state index contributed by atoms with van der Waals surface area (Å²) in [5, 5.41) is 0.175. The van der Waals surface area contributed by atoms with Crippen molar-refractivity contribution in [2.75, 3.05) is 0 Å². The van der Waals surface area contributed by atoms with E-state index in [2.05, 4.69) is 52.0 Å². The Bertz CT molecular complexity index is 404. The minimum absolute atomic E-state index is 0.175. The Morgan fingerprint density at radius 2 is 1.63 bits per heavy atom. The molecule has 0 heterocycles. The zero-order chi connectivity index (χ0) is 14.1. The van der Waals surface area contributed by atoms with Crippen molar-refractivity contribution in [2.24, 2.45) is 5.41 Å². The molecule has 1 fully saturated rings. The first-order valence-electron chi connectivity index (χ1n) is 7.63. The van der Waals surface area contributed by atoms with Gasteiger partial charge in [0, 0.05) is 0 Å². The molecule has 1 aromatic carbocycles. The third kappa shape index (κ3) is 2.99. The van der Waals surface area contributed by atoms with Gasteiger partial charge in [0.1, 0.15) is 0 Å². The summed E-state index contributed by atoms with van der Waals surface area (Å²) in [7, 11) is 0. The lowest BCUT2D eigenvalue weighted by atomic mass is 9.76. The van der Waals surface area contributed by atoms with Crippen LogP contribution in [0.25, 0.3) is 0 Å². The zero-order valence-corrected chi connectivity index (χ0v) is 13.6. The Labute approximate surface area is 123 Å².